The fraction of sp³-hybridized carbons (Fsp3) is 0. The average molecular weight is 260 g/mol. The van der Waals surface area contributed by atoms with Crippen LogP contribution in [0.15, 0.2) is 70.1 Å². The van der Waals surface area contributed by atoms with Crippen LogP contribution in [-0.4, -0.2) is 0 Å². The zero-order chi connectivity index (χ0) is 11.7. The van der Waals surface area contributed by atoms with Gasteiger partial charge >= 0.3 is 5.63 Å². The normalized spacial score (nSPS) is 10.0. The number of fused-ring (bicyclic) bond motifs is 1. The molecule has 0 aliphatic rings. The van der Waals surface area contributed by atoms with E-state index in [4.69, 9.17) is 4.42 Å². The Morgan fingerprint density at radius 1 is 0.944 bits per heavy atom. The Balaban J connectivity index is 0.00000120. The van der Waals surface area contributed by atoms with Gasteiger partial charge in [0.1, 0.15) is 5.58 Å². The molecular formula is C14H10ClNO2. The molecule has 3 nitrogen and oxygen atoms in total. The van der Waals surface area contributed by atoms with Gasteiger partial charge in [0.25, 0.3) is 5.69 Å². The summed E-state index contributed by atoms with van der Waals surface area (Å²) in [6, 6.07) is 15.0. The van der Waals surface area contributed by atoms with E-state index in [0.717, 1.165) is 5.39 Å². The van der Waals surface area contributed by atoms with Crippen molar-refractivity contribution in [1.29, 1.82) is 0 Å². The van der Waals surface area contributed by atoms with Crippen molar-refractivity contribution in [3.8, 4) is 5.69 Å². The van der Waals surface area contributed by atoms with Crippen LogP contribution in [0, 0.1) is 0 Å². The minimum absolute atomic E-state index is 0. The van der Waals surface area contributed by atoms with Crippen LogP contribution in [0.25, 0.3) is 16.7 Å². The molecule has 1 aromatic carbocycles. The molecule has 0 unspecified atom stereocenters. The molecule has 0 amide bonds. The Bertz CT molecular complexity index is 722. The topological polar surface area (TPSA) is 34.1 Å². The van der Waals surface area contributed by atoms with E-state index in [1.807, 2.05) is 54.9 Å². The highest BCUT2D eigenvalue weighted by Gasteiger charge is 2.13. The third-order valence-corrected chi connectivity index (χ3v) is 2.62. The molecule has 2 aromatic heterocycles. The number of nitrogens with zero attached hydrogens (tertiary/aromatic N) is 1. The highest BCUT2D eigenvalue weighted by Crippen LogP contribution is 2.12. The van der Waals surface area contributed by atoms with Crippen molar-refractivity contribution in [1.82, 2.24) is 0 Å². The molecule has 0 spiro atoms. The van der Waals surface area contributed by atoms with E-state index in [-0.39, 0.29) is 18.0 Å². The second-order valence-electron chi connectivity index (χ2n) is 3.74. The smallest absolute Gasteiger partial charge is 0.409 e. The zero-order valence-corrected chi connectivity index (χ0v) is 10.2. The summed E-state index contributed by atoms with van der Waals surface area (Å²) in [5.41, 5.74) is 0.794. The van der Waals surface area contributed by atoms with Crippen LogP contribution in [0.5, 0.6) is 0 Å². The second-order valence-corrected chi connectivity index (χ2v) is 3.74. The van der Waals surface area contributed by atoms with Crippen LogP contribution in [-0.2, 0) is 0 Å². The molecule has 2 heterocycles. The molecule has 0 atom stereocenters. The lowest BCUT2D eigenvalue weighted by Gasteiger charge is -1.97. The van der Waals surface area contributed by atoms with E-state index in [1.165, 1.54) is 0 Å². The molecule has 0 N–H and O–H groups in total. The molecule has 0 aliphatic heterocycles. The van der Waals surface area contributed by atoms with Gasteiger partial charge in [-0.3, -0.25) is 0 Å². The second kappa shape index (κ2) is 5.02. The van der Waals surface area contributed by atoms with Gasteiger partial charge < -0.3 is 16.8 Å². The summed E-state index contributed by atoms with van der Waals surface area (Å²) in [7, 11) is 0. The van der Waals surface area contributed by atoms with E-state index in [2.05, 4.69) is 0 Å². The van der Waals surface area contributed by atoms with Crippen molar-refractivity contribution in [3.63, 3.8) is 0 Å². The van der Waals surface area contributed by atoms with Crippen molar-refractivity contribution in [2.45, 2.75) is 0 Å². The minimum Gasteiger partial charge on any atom is -1.00 e. The van der Waals surface area contributed by atoms with Crippen LogP contribution < -0.4 is 22.6 Å². The van der Waals surface area contributed by atoms with Gasteiger partial charge in [-0.25, -0.2) is 4.79 Å². The van der Waals surface area contributed by atoms with Gasteiger partial charge in [-0.1, -0.05) is 24.3 Å². The quantitative estimate of drug-likeness (QED) is 0.418. The highest BCUT2D eigenvalue weighted by molar-refractivity contribution is 5.77. The summed E-state index contributed by atoms with van der Waals surface area (Å²) < 4.78 is 7.02. The summed E-state index contributed by atoms with van der Waals surface area (Å²) in [6.45, 7) is 0. The van der Waals surface area contributed by atoms with Crippen LogP contribution in [0.3, 0.4) is 0 Å². The fourth-order valence-corrected chi connectivity index (χ4v) is 1.79. The van der Waals surface area contributed by atoms with Crippen LogP contribution in [0.2, 0.25) is 0 Å². The molecule has 0 fully saturated rings. The summed E-state index contributed by atoms with van der Waals surface area (Å²) in [6.07, 6.45) is 3.64. The Morgan fingerprint density at radius 2 is 1.67 bits per heavy atom. The third kappa shape index (κ3) is 2.13. The van der Waals surface area contributed by atoms with E-state index in [0.29, 0.717) is 11.3 Å². The van der Waals surface area contributed by atoms with Gasteiger partial charge in [-0.2, -0.15) is 4.57 Å². The number of rotatable bonds is 1. The first-order valence-corrected chi connectivity index (χ1v) is 5.34. The predicted octanol–water partition coefficient (Wildman–Crippen LogP) is -0.926. The monoisotopic (exact) mass is 259 g/mol. The first-order chi connectivity index (χ1) is 8.34. The van der Waals surface area contributed by atoms with E-state index < -0.39 is 0 Å². The van der Waals surface area contributed by atoms with E-state index >= 15 is 0 Å². The molecule has 18 heavy (non-hydrogen) atoms. The number of hydrogen-bond donors (Lipinski definition) is 0. The Hall–Kier alpha value is -2.13. The fourth-order valence-electron chi connectivity index (χ4n) is 1.79. The first-order valence-electron chi connectivity index (χ1n) is 5.34. The Labute approximate surface area is 110 Å². The highest BCUT2D eigenvalue weighted by atomic mass is 35.5. The maximum atomic E-state index is 11.8. The maximum Gasteiger partial charge on any atom is 0.409 e. The lowest BCUT2D eigenvalue weighted by atomic mass is 10.2. The molecule has 0 radical (unpaired) electrons. The lowest BCUT2D eigenvalue weighted by Crippen LogP contribution is -3.00. The summed E-state index contributed by atoms with van der Waals surface area (Å²) in [4.78, 5) is 11.8. The third-order valence-electron chi connectivity index (χ3n) is 2.62. The van der Waals surface area contributed by atoms with Gasteiger partial charge in [-0.05, 0) is 6.07 Å². The zero-order valence-electron chi connectivity index (χ0n) is 9.42. The predicted molar refractivity (Wildman–Crippen MR) is 64.0 cm³/mol. The Kier molecular flexibility index (Phi) is 3.44. The minimum atomic E-state index is -0.333. The van der Waals surface area contributed by atoms with Crippen molar-refractivity contribution in [2.75, 3.05) is 0 Å². The molecular weight excluding hydrogens is 250 g/mol. The van der Waals surface area contributed by atoms with Crippen LogP contribution in [0.1, 0.15) is 0 Å². The van der Waals surface area contributed by atoms with Crippen molar-refractivity contribution < 1.29 is 21.4 Å². The molecule has 4 heteroatoms. The SMILES string of the molecule is O=c1oc2ccccc2cc1-[n+]1ccccc1.[Cl-]. The maximum absolute atomic E-state index is 11.8. The van der Waals surface area contributed by atoms with Gasteiger partial charge in [-0.15, -0.1) is 0 Å². The van der Waals surface area contributed by atoms with Crippen molar-refractivity contribution in [2.24, 2.45) is 0 Å². The number of hydrogen-bond acceptors (Lipinski definition) is 2. The van der Waals surface area contributed by atoms with Gasteiger partial charge in [0, 0.05) is 23.6 Å². The number of halogens is 1. The Morgan fingerprint density at radius 3 is 2.44 bits per heavy atom. The molecule has 3 aromatic rings. The van der Waals surface area contributed by atoms with Crippen LogP contribution in [0.4, 0.5) is 0 Å². The standard InChI is InChI=1S/C14H10NO2.ClH/c16-14-12(15-8-4-1-5-9-15)10-11-6-2-3-7-13(11)17-14;/h1-10H;1H/q+1;/p-1. The van der Waals surface area contributed by atoms with E-state index in [1.54, 1.807) is 10.6 Å². The van der Waals surface area contributed by atoms with Crippen LogP contribution >= 0.6 is 0 Å². The summed E-state index contributed by atoms with van der Waals surface area (Å²) in [5.74, 6) is 0. The summed E-state index contributed by atoms with van der Waals surface area (Å²) >= 11 is 0. The molecule has 0 bridgehead atoms. The number of para-hydroxylation sites is 1. The molecule has 0 saturated heterocycles. The average Bonchev–Trinajstić information content (AvgIpc) is 2.39. The van der Waals surface area contributed by atoms with E-state index in [9.17, 15) is 4.79 Å². The molecule has 0 aliphatic carbocycles. The van der Waals surface area contributed by atoms with Gasteiger partial charge in [0.2, 0.25) is 0 Å². The number of aromatic nitrogens is 1. The molecule has 0 saturated carbocycles. The molecule has 90 valence electrons. The van der Waals surface area contributed by atoms with Gasteiger partial charge in [0.15, 0.2) is 12.4 Å². The van der Waals surface area contributed by atoms with Crippen molar-refractivity contribution in [3.05, 3.63) is 71.3 Å². The largest absolute Gasteiger partial charge is 1.00 e. The lowest BCUT2D eigenvalue weighted by molar-refractivity contribution is -0.597. The first kappa shape index (κ1) is 12.3. The van der Waals surface area contributed by atoms with Gasteiger partial charge in [0.05, 0.1) is 0 Å². The molecule has 3 rings (SSSR count). The number of pyridine rings is 1. The number of benzene rings is 1. The summed E-state index contributed by atoms with van der Waals surface area (Å²) in [5, 5.41) is 0.915. The van der Waals surface area contributed by atoms with Crippen molar-refractivity contribution >= 4 is 11.0 Å².